The van der Waals surface area contributed by atoms with Gasteiger partial charge in [-0.3, -0.25) is 9.59 Å². The molecule has 0 fully saturated rings. The molecule has 0 spiro atoms. The van der Waals surface area contributed by atoms with Crippen molar-refractivity contribution in [3.05, 3.63) is 120 Å². The fourth-order valence-corrected chi connectivity index (χ4v) is 4.10. The van der Waals surface area contributed by atoms with Crippen molar-refractivity contribution in [2.75, 3.05) is 35.2 Å². The Labute approximate surface area is 224 Å². The Morgan fingerprint density at radius 3 is 2.21 bits per heavy atom. The Bertz CT molecular complexity index is 1310. The van der Waals surface area contributed by atoms with Gasteiger partial charge in [0.15, 0.2) is 0 Å². The van der Waals surface area contributed by atoms with Crippen molar-refractivity contribution < 1.29 is 14.3 Å². The van der Waals surface area contributed by atoms with E-state index in [4.69, 9.17) is 4.74 Å². The number of anilines is 3. The third kappa shape index (κ3) is 7.71. The first-order chi connectivity index (χ1) is 18.6. The van der Waals surface area contributed by atoms with Gasteiger partial charge >= 0.3 is 0 Å². The average molecular weight is 508 g/mol. The minimum Gasteiger partial charge on any atom is -0.494 e. The first-order valence-electron chi connectivity index (χ1n) is 12.9. The molecule has 194 valence electrons. The largest absolute Gasteiger partial charge is 0.494 e. The van der Waals surface area contributed by atoms with Crippen molar-refractivity contribution in [2.45, 2.75) is 19.8 Å². The Morgan fingerprint density at radius 1 is 0.789 bits per heavy atom. The minimum atomic E-state index is -0.183. The quantitative estimate of drug-likeness (QED) is 0.217. The lowest BCUT2D eigenvalue weighted by atomic mass is 10.1. The van der Waals surface area contributed by atoms with Crippen LogP contribution < -0.4 is 20.3 Å². The van der Waals surface area contributed by atoms with Crippen molar-refractivity contribution in [3.8, 4) is 5.75 Å². The molecular weight excluding hydrogens is 474 g/mol. The van der Waals surface area contributed by atoms with Crippen LogP contribution in [0.15, 0.2) is 109 Å². The molecule has 0 heterocycles. The topological polar surface area (TPSA) is 70.7 Å². The summed E-state index contributed by atoms with van der Waals surface area (Å²) in [5.74, 6) is 0.499. The molecule has 0 bridgehead atoms. The third-order valence-electron chi connectivity index (χ3n) is 6.05. The Kier molecular flexibility index (Phi) is 9.51. The Morgan fingerprint density at radius 2 is 1.50 bits per heavy atom. The van der Waals surface area contributed by atoms with E-state index < -0.39 is 0 Å². The van der Waals surface area contributed by atoms with Crippen molar-refractivity contribution in [1.82, 2.24) is 0 Å². The summed E-state index contributed by atoms with van der Waals surface area (Å²) in [5.41, 5.74) is 4.10. The highest BCUT2D eigenvalue weighted by Crippen LogP contribution is 2.19. The first-order valence-corrected chi connectivity index (χ1v) is 12.9. The fourth-order valence-electron chi connectivity index (χ4n) is 4.10. The molecule has 2 N–H and O–H groups in total. The van der Waals surface area contributed by atoms with E-state index in [1.165, 1.54) is 5.56 Å². The first kappa shape index (κ1) is 26.5. The molecule has 38 heavy (non-hydrogen) atoms. The van der Waals surface area contributed by atoms with Crippen LogP contribution in [0.1, 0.15) is 29.3 Å². The maximum atomic E-state index is 13.1. The molecule has 0 aromatic heterocycles. The average Bonchev–Trinajstić information content (AvgIpc) is 2.97. The van der Waals surface area contributed by atoms with Crippen LogP contribution in [0.4, 0.5) is 17.1 Å². The van der Waals surface area contributed by atoms with Gasteiger partial charge in [-0.2, -0.15) is 0 Å². The molecule has 0 aliphatic carbocycles. The zero-order chi connectivity index (χ0) is 26.6. The van der Waals surface area contributed by atoms with Gasteiger partial charge in [0.05, 0.1) is 13.2 Å². The van der Waals surface area contributed by atoms with E-state index >= 15 is 0 Å². The Hall–Kier alpha value is -4.58. The number of carbonyl (C=O) groups excluding carboxylic acids is 2. The predicted octanol–water partition coefficient (Wildman–Crippen LogP) is 6.42. The molecule has 4 rings (SSSR count). The number of para-hydroxylation sites is 1. The van der Waals surface area contributed by atoms with E-state index in [-0.39, 0.29) is 18.4 Å². The molecular formula is C32H33N3O3. The van der Waals surface area contributed by atoms with E-state index in [1.807, 2.05) is 91.9 Å². The predicted molar refractivity (Wildman–Crippen MR) is 154 cm³/mol. The molecule has 0 saturated carbocycles. The number of benzene rings is 4. The molecule has 4 aromatic rings. The molecule has 0 aliphatic heterocycles. The normalized spacial score (nSPS) is 10.4. The van der Waals surface area contributed by atoms with Gasteiger partial charge in [-0.1, -0.05) is 54.6 Å². The van der Waals surface area contributed by atoms with Crippen LogP contribution >= 0.6 is 0 Å². The van der Waals surface area contributed by atoms with Crippen LogP contribution in [0.2, 0.25) is 0 Å². The van der Waals surface area contributed by atoms with Gasteiger partial charge in [-0.25, -0.2) is 0 Å². The van der Waals surface area contributed by atoms with E-state index in [2.05, 4.69) is 22.8 Å². The van der Waals surface area contributed by atoms with Crippen molar-refractivity contribution in [2.24, 2.45) is 0 Å². The second kappa shape index (κ2) is 13.7. The third-order valence-corrected chi connectivity index (χ3v) is 6.05. The lowest BCUT2D eigenvalue weighted by Crippen LogP contribution is -2.30. The van der Waals surface area contributed by atoms with E-state index in [0.29, 0.717) is 30.1 Å². The summed E-state index contributed by atoms with van der Waals surface area (Å²) in [7, 11) is 0. The van der Waals surface area contributed by atoms with Crippen molar-refractivity contribution in [3.63, 3.8) is 0 Å². The van der Waals surface area contributed by atoms with Crippen LogP contribution in [0, 0.1) is 0 Å². The molecule has 0 atom stereocenters. The molecule has 6 nitrogen and oxygen atoms in total. The highest BCUT2D eigenvalue weighted by Gasteiger charge is 2.16. The smallest absolute Gasteiger partial charge is 0.258 e. The van der Waals surface area contributed by atoms with Gasteiger partial charge in [0.1, 0.15) is 5.75 Å². The number of rotatable bonds is 12. The van der Waals surface area contributed by atoms with Gasteiger partial charge in [0.25, 0.3) is 5.91 Å². The zero-order valence-corrected chi connectivity index (χ0v) is 21.6. The van der Waals surface area contributed by atoms with Crippen LogP contribution in [0.5, 0.6) is 5.75 Å². The molecule has 0 aliphatic rings. The molecule has 2 amide bonds. The van der Waals surface area contributed by atoms with Gasteiger partial charge in [-0.05, 0) is 79.9 Å². The maximum absolute atomic E-state index is 13.1. The number of nitrogens with zero attached hydrogens (tertiary/aromatic N) is 1. The number of amides is 2. The highest BCUT2D eigenvalue weighted by atomic mass is 16.5. The number of carbonyl (C=O) groups is 2. The summed E-state index contributed by atoms with van der Waals surface area (Å²) >= 11 is 0. The van der Waals surface area contributed by atoms with Gasteiger partial charge in [0, 0.05) is 29.2 Å². The number of hydrogen-bond acceptors (Lipinski definition) is 4. The number of hydrogen-bond donors (Lipinski definition) is 2. The van der Waals surface area contributed by atoms with Crippen LogP contribution in [0.3, 0.4) is 0 Å². The monoisotopic (exact) mass is 507 g/mol. The summed E-state index contributed by atoms with van der Waals surface area (Å²) in [6, 6.07) is 34.5. The van der Waals surface area contributed by atoms with Crippen LogP contribution in [0.25, 0.3) is 0 Å². The number of nitrogens with one attached hydrogen (secondary N) is 2. The summed E-state index contributed by atoms with van der Waals surface area (Å²) in [5, 5.41) is 5.99. The molecule has 0 unspecified atom stereocenters. The minimum absolute atomic E-state index is 0.0750. The molecule has 4 aromatic carbocycles. The lowest BCUT2D eigenvalue weighted by Gasteiger charge is -2.21. The van der Waals surface area contributed by atoms with E-state index in [0.717, 1.165) is 24.3 Å². The van der Waals surface area contributed by atoms with E-state index in [9.17, 15) is 9.59 Å². The summed E-state index contributed by atoms with van der Waals surface area (Å²) in [6.45, 7) is 3.21. The van der Waals surface area contributed by atoms with E-state index in [1.54, 1.807) is 17.0 Å². The standard InChI is InChI=1S/C32H33N3O3/c1-2-35(29-16-7-4-8-17-29)32(37)26-14-9-15-28(23-26)33-24-31(36)34-27-18-20-30(21-19-27)38-22-10-13-25-11-5-3-6-12-25/h3-9,11-12,14-21,23,33H,2,10,13,22,24H2,1H3,(H,34,36). The highest BCUT2D eigenvalue weighted by molar-refractivity contribution is 6.06. The van der Waals surface area contributed by atoms with Gasteiger partial charge in [-0.15, -0.1) is 0 Å². The van der Waals surface area contributed by atoms with Gasteiger partial charge in [0.2, 0.25) is 5.91 Å². The maximum Gasteiger partial charge on any atom is 0.258 e. The summed E-state index contributed by atoms with van der Waals surface area (Å²) in [4.78, 5) is 27.3. The van der Waals surface area contributed by atoms with Crippen molar-refractivity contribution in [1.29, 1.82) is 0 Å². The van der Waals surface area contributed by atoms with Crippen LogP contribution in [-0.4, -0.2) is 31.5 Å². The molecule has 0 radical (unpaired) electrons. The Balaban J connectivity index is 1.23. The second-order valence-corrected chi connectivity index (χ2v) is 8.83. The summed E-state index contributed by atoms with van der Waals surface area (Å²) < 4.78 is 5.82. The molecule has 6 heteroatoms. The zero-order valence-electron chi connectivity index (χ0n) is 21.6. The SMILES string of the molecule is CCN(C(=O)c1cccc(NCC(=O)Nc2ccc(OCCCc3ccccc3)cc2)c1)c1ccccc1. The van der Waals surface area contributed by atoms with Gasteiger partial charge < -0.3 is 20.3 Å². The molecule has 0 saturated heterocycles. The second-order valence-electron chi connectivity index (χ2n) is 8.83. The number of ether oxygens (including phenoxy) is 1. The number of aryl methyl sites for hydroxylation is 1. The lowest BCUT2D eigenvalue weighted by molar-refractivity contribution is -0.114. The summed E-state index contributed by atoms with van der Waals surface area (Å²) in [6.07, 6.45) is 1.91. The van der Waals surface area contributed by atoms with Crippen LogP contribution in [-0.2, 0) is 11.2 Å². The fraction of sp³-hybridized carbons (Fsp3) is 0.188. The van der Waals surface area contributed by atoms with Crippen molar-refractivity contribution >= 4 is 28.9 Å².